The van der Waals surface area contributed by atoms with Crippen molar-refractivity contribution in [3.8, 4) is 0 Å². The molecule has 2 heterocycles. The number of carbonyl (C=O) groups is 1. The molecule has 0 bridgehead atoms. The summed E-state index contributed by atoms with van der Waals surface area (Å²) in [6.45, 7) is 7.24. The number of nitrogens with zero attached hydrogens (tertiary/aromatic N) is 4. The number of halogens is 1. The number of benzene rings is 1. The number of morpholine rings is 1. The van der Waals surface area contributed by atoms with E-state index in [0.717, 1.165) is 68.7 Å². The molecule has 2 N–H and O–H groups in total. The Morgan fingerprint density at radius 1 is 1.18 bits per heavy atom. The summed E-state index contributed by atoms with van der Waals surface area (Å²) in [4.78, 5) is 25.4. The first kappa shape index (κ1) is 26.8. The van der Waals surface area contributed by atoms with Gasteiger partial charge in [-0.1, -0.05) is 18.2 Å². The van der Waals surface area contributed by atoms with Crippen molar-refractivity contribution in [2.75, 3.05) is 58.4 Å². The van der Waals surface area contributed by atoms with E-state index in [9.17, 15) is 4.79 Å². The number of nitrogens with one attached hydrogen (secondary N) is 2. The van der Waals surface area contributed by atoms with Gasteiger partial charge in [0.1, 0.15) is 5.82 Å². The molecule has 0 unspecified atom stereocenters. The maximum Gasteiger partial charge on any atom is 0.253 e. The van der Waals surface area contributed by atoms with Crippen molar-refractivity contribution in [2.45, 2.75) is 19.9 Å². The fraction of sp³-hybridized carbons (Fsp3) is 0.458. The maximum atomic E-state index is 12.2. The summed E-state index contributed by atoms with van der Waals surface area (Å²) < 4.78 is 5.47. The first-order chi connectivity index (χ1) is 15.6. The molecular formula is C24H35IN6O2. The normalized spacial score (nSPS) is 13.8. The summed E-state index contributed by atoms with van der Waals surface area (Å²) in [6, 6.07) is 11.8. The van der Waals surface area contributed by atoms with E-state index in [2.05, 4.69) is 33.5 Å². The van der Waals surface area contributed by atoms with Crippen LogP contribution in [0.4, 0.5) is 5.82 Å². The van der Waals surface area contributed by atoms with Crippen LogP contribution < -0.4 is 15.5 Å². The molecule has 180 valence electrons. The average molecular weight is 566 g/mol. The highest BCUT2D eigenvalue weighted by Crippen LogP contribution is 2.19. The Morgan fingerprint density at radius 2 is 1.97 bits per heavy atom. The van der Waals surface area contributed by atoms with Gasteiger partial charge < -0.3 is 25.2 Å². The molecule has 0 radical (unpaired) electrons. The van der Waals surface area contributed by atoms with Crippen molar-refractivity contribution >= 4 is 41.7 Å². The van der Waals surface area contributed by atoms with E-state index >= 15 is 0 Å². The van der Waals surface area contributed by atoms with Crippen LogP contribution >= 0.6 is 24.0 Å². The minimum Gasteiger partial charge on any atom is -0.378 e. The van der Waals surface area contributed by atoms with Gasteiger partial charge in [0.25, 0.3) is 5.91 Å². The van der Waals surface area contributed by atoms with Crippen LogP contribution in [0.2, 0.25) is 0 Å². The number of amides is 1. The molecule has 0 spiro atoms. The van der Waals surface area contributed by atoms with Crippen LogP contribution in [0.3, 0.4) is 0 Å². The van der Waals surface area contributed by atoms with Gasteiger partial charge in [-0.15, -0.1) is 24.0 Å². The van der Waals surface area contributed by atoms with Gasteiger partial charge in [0, 0.05) is 57.6 Å². The highest BCUT2D eigenvalue weighted by atomic mass is 127. The largest absolute Gasteiger partial charge is 0.378 e. The number of ether oxygens (including phenoxy) is 1. The average Bonchev–Trinajstić information content (AvgIpc) is 2.83. The molecular weight excluding hydrogens is 531 g/mol. The van der Waals surface area contributed by atoms with E-state index in [1.54, 1.807) is 19.0 Å². The van der Waals surface area contributed by atoms with Gasteiger partial charge in [-0.2, -0.15) is 0 Å². The van der Waals surface area contributed by atoms with Gasteiger partial charge in [-0.3, -0.25) is 4.79 Å². The van der Waals surface area contributed by atoms with E-state index in [1.165, 1.54) is 0 Å². The second-order valence-corrected chi connectivity index (χ2v) is 7.86. The Bertz CT molecular complexity index is 915. The first-order valence-corrected chi connectivity index (χ1v) is 11.2. The third kappa shape index (κ3) is 8.15. The molecule has 1 fully saturated rings. The number of guanidine groups is 1. The van der Waals surface area contributed by atoms with E-state index in [0.29, 0.717) is 12.1 Å². The van der Waals surface area contributed by atoms with Gasteiger partial charge in [-0.25, -0.2) is 9.98 Å². The topological polar surface area (TPSA) is 82.1 Å². The summed E-state index contributed by atoms with van der Waals surface area (Å²) in [7, 11) is 3.53. The molecule has 1 aromatic carbocycles. The summed E-state index contributed by atoms with van der Waals surface area (Å²) in [5.74, 6) is 1.77. The maximum absolute atomic E-state index is 12.2. The highest BCUT2D eigenvalue weighted by Gasteiger charge is 2.15. The van der Waals surface area contributed by atoms with Gasteiger partial charge in [-0.05, 0) is 37.1 Å². The van der Waals surface area contributed by atoms with Crippen molar-refractivity contribution in [1.29, 1.82) is 0 Å². The van der Waals surface area contributed by atoms with Gasteiger partial charge in [0.05, 0.1) is 19.8 Å². The Morgan fingerprint density at radius 3 is 2.70 bits per heavy atom. The fourth-order valence-corrected chi connectivity index (χ4v) is 3.56. The van der Waals surface area contributed by atoms with Crippen LogP contribution in [0, 0.1) is 0 Å². The molecule has 3 rings (SSSR count). The molecule has 1 amide bonds. The lowest BCUT2D eigenvalue weighted by molar-refractivity contribution is 0.0827. The Balaban J connectivity index is 0.00000385. The quantitative estimate of drug-likeness (QED) is 0.291. The fourth-order valence-electron chi connectivity index (χ4n) is 3.56. The number of pyridine rings is 1. The standard InChI is InChI=1S/C24H34N6O2.HI/c1-4-25-24(27-12-10-19-7-5-8-20(17-19)23(31)29(2)3)28-18-21-9-6-11-26-22(21)30-13-15-32-16-14-30;/h5-9,11,17H,4,10,12-16,18H2,1-3H3,(H2,25,27,28);1H. The third-order valence-corrected chi connectivity index (χ3v) is 5.22. The Hall–Kier alpha value is -2.40. The minimum atomic E-state index is 0. The zero-order valence-electron chi connectivity index (χ0n) is 19.7. The lowest BCUT2D eigenvalue weighted by atomic mass is 10.1. The van der Waals surface area contributed by atoms with Crippen molar-refractivity contribution in [1.82, 2.24) is 20.5 Å². The summed E-state index contributed by atoms with van der Waals surface area (Å²) >= 11 is 0. The van der Waals surface area contributed by atoms with E-state index in [-0.39, 0.29) is 29.9 Å². The number of hydrogen-bond acceptors (Lipinski definition) is 5. The van der Waals surface area contributed by atoms with Gasteiger partial charge in [0.2, 0.25) is 0 Å². The zero-order chi connectivity index (χ0) is 22.8. The third-order valence-electron chi connectivity index (χ3n) is 5.22. The summed E-state index contributed by atoms with van der Waals surface area (Å²) in [5.41, 5.74) is 2.92. The molecule has 1 aliphatic rings. The molecule has 1 saturated heterocycles. The molecule has 8 nitrogen and oxygen atoms in total. The van der Waals surface area contributed by atoms with Crippen molar-refractivity contribution in [3.05, 3.63) is 59.3 Å². The molecule has 2 aromatic rings. The van der Waals surface area contributed by atoms with Crippen LogP contribution in [0.25, 0.3) is 0 Å². The molecule has 0 saturated carbocycles. The summed E-state index contributed by atoms with van der Waals surface area (Å²) in [6.07, 6.45) is 2.63. The highest BCUT2D eigenvalue weighted by molar-refractivity contribution is 14.0. The van der Waals surface area contributed by atoms with Crippen molar-refractivity contribution in [3.63, 3.8) is 0 Å². The number of aromatic nitrogens is 1. The smallest absolute Gasteiger partial charge is 0.253 e. The van der Waals surface area contributed by atoms with E-state index in [1.807, 2.05) is 36.5 Å². The number of aliphatic imine (C=N–C) groups is 1. The number of anilines is 1. The second-order valence-electron chi connectivity index (χ2n) is 7.86. The predicted octanol–water partition coefficient (Wildman–Crippen LogP) is 2.54. The second kappa shape index (κ2) is 14.0. The van der Waals surface area contributed by atoms with Gasteiger partial charge in [0.15, 0.2) is 5.96 Å². The van der Waals surface area contributed by atoms with E-state index in [4.69, 9.17) is 9.73 Å². The van der Waals surface area contributed by atoms with Gasteiger partial charge >= 0.3 is 0 Å². The van der Waals surface area contributed by atoms with Crippen LogP contribution in [-0.4, -0.2) is 75.2 Å². The molecule has 0 atom stereocenters. The molecule has 1 aliphatic heterocycles. The lowest BCUT2D eigenvalue weighted by Crippen LogP contribution is -2.38. The van der Waals surface area contributed by atoms with Crippen LogP contribution in [-0.2, 0) is 17.7 Å². The molecule has 0 aliphatic carbocycles. The number of hydrogen-bond donors (Lipinski definition) is 2. The molecule has 33 heavy (non-hydrogen) atoms. The number of carbonyl (C=O) groups excluding carboxylic acids is 1. The Kier molecular flexibility index (Phi) is 11.4. The number of rotatable bonds is 8. The lowest BCUT2D eigenvalue weighted by Gasteiger charge is -2.29. The van der Waals surface area contributed by atoms with Crippen molar-refractivity contribution < 1.29 is 9.53 Å². The first-order valence-electron chi connectivity index (χ1n) is 11.2. The monoisotopic (exact) mass is 566 g/mol. The molecule has 1 aromatic heterocycles. The van der Waals surface area contributed by atoms with E-state index < -0.39 is 0 Å². The zero-order valence-corrected chi connectivity index (χ0v) is 22.0. The predicted molar refractivity (Wildman–Crippen MR) is 144 cm³/mol. The van der Waals surface area contributed by atoms with Crippen LogP contribution in [0.1, 0.15) is 28.4 Å². The summed E-state index contributed by atoms with van der Waals surface area (Å²) in [5, 5.41) is 6.71. The minimum absolute atomic E-state index is 0. The van der Waals surface area contributed by atoms with Crippen molar-refractivity contribution in [2.24, 2.45) is 4.99 Å². The van der Waals surface area contributed by atoms with Crippen LogP contribution in [0.5, 0.6) is 0 Å². The SMILES string of the molecule is CCNC(=NCc1cccnc1N1CCOCC1)NCCc1cccc(C(=O)N(C)C)c1.I. The molecule has 9 heteroatoms. The Labute approximate surface area is 213 Å². The van der Waals surface area contributed by atoms with Crippen LogP contribution in [0.15, 0.2) is 47.6 Å².